The van der Waals surface area contributed by atoms with E-state index in [0.29, 0.717) is 5.56 Å². The minimum absolute atomic E-state index is 0.0374. The van der Waals surface area contributed by atoms with Crippen molar-refractivity contribution >= 4 is 64.1 Å². The van der Waals surface area contributed by atoms with Gasteiger partial charge in [-0.2, -0.15) is 0 Å². The SMILES string of the molecule is CCOC(=O)COc1c(Cl)cc(/C=C2/SC(=O)N(Cc3ccc(C(=O)OC)o3)C2=O)cc1Cl. The van der Waals surface area contributed by atoms with Crippen LogP contribution < -0.4 is 4.74 Å². The number of esters is 2. The van der Waals surface area contributed by atoms with Crippen molar-refractivity contribution in [3.63, 3.8) is 0 Å². The number of carbonyl (C=O) groups is 4. The van der Waals surface area contributed by atoms with Gasteiger partial charge in [-0.3, -0.25) is 14.5 Å². The fourth-order valence-corrected chi connectivity index (χ4v) is 4.20. The van der Waals surface area contributed by atoms with Crippen molar-refractivity contribution in [1.82, 2.24) is 4.90 Å². The first-order valence-corrected chi connectivity index (χ1v) is 11.0. The molecule has 0 N–H and O–H groups in total. The molecule has 2 amide bonds. The number of imide groups is 1. The molecule has 0 aliphatic carbocycles. The first-order chi connectivity index (χ1) is 15.7. The Kier molecular flexibility index (Phi) is 8.06. The summed E-state index contributed by atoms with van der Waals surface area (Å²) in [5, 5.41) is -0.278. The van der Waals surface area contributed by atoms with E-state index in [1.54, 1.807) is 6.92 Å². The number of amides is 2. The van der Waals surface area contributed by atoms with E-state index < -0.39 is 23.1 Å². The average Bonchev–Trinajstić information content (AvgIpc) is 3.33. The quantitative estimate of drug-likeness (QED) is 0.370. The summed E-state index contributed by atoms with van der Waals surface area (Å²) in [7, 11) is 1.21. The third kappa shape index (κ3) is 5.89. The molecule has 1 fully saturated rings. The number of rotatable bonds is 8. The van der Waals surface area contributed by atoms with Gasteiger partial charge < -0.3 is 18.6 Å². The molecule has 0 spiro atoms. The van der Waals surface area contributed by atoms with Gasteiger partial charge in [0.2, 0.25) is 5.76 Å². The van der Waals surface area contributed by atoms with Gasteiger partial charge in [0.05, 0.1) is 35.2 Å². The molecular formula is C21H17Cl2NO8S. The fraction of sp³-hybridized carbons (Fsp3) is 0.238. The van der Waals surface area contributed by atoms with Crippen LogP contribution in [0.2, 0.25) is 10.0 Å². The zero-order valence-electron chi connectivity index (χ0n) is 17.4. The molecule has 0 unspecified atom stereocenters. The second-order valence-electron chi connectivity index (χ2n) is 6.43. The number of nitrogens with zero attached hydrogens (tertiary/aromatic N) is 1. The van der Waals surface area contributed by atoms with Crippen molar-refractivity contribution in [2.75, 3.05) is 20.3 Å². The van der Waals surface area contributed by atoms with Crippen molar-refractivity contribution in [1.29, 1.82) is 0 Å². The van der Waals surface area contributed by atoms with Crippen LogP contribution in [0, 0.1) is 0 Å². The third-order valence-corrected chi connectivity index (χ3v) is 5.66. The normalized spacial score (nSPS) is 14.7. The lowest BCUT2D eigenvalue weighted by Gasteiger charge is -2.11. The zero-order chi connectivity index (χ0) is 24.1. The molecule has 1 saturated heterocycles. The standard InChI is InChI=1S/C21H17Cl2NO8S/c1-3-30-17(25)10-31-18-13(22)6-11(7-14(18)23)8-16-19(26)24(21(28)33-16)9-12-4-5-15(32-12)20(27)29-2/h4-8H,3,9-10H2,1-2H3/b16-8+. The summed E-state index contributed by atoms with van der Waals surface area (Å²) in [5.74, 6) is -1.49. The van der Waals surface area contributed by atoms with Gasteiger partial charge in [0, 0.05) is 0 Å². The molecule has 3 rings (SSSR count). The maximum atomic E-state index is 12.7. The number of methoxy groups -OCH3 is 1. The summed E-state index contributed by atoms with van der Waals surface area (Å²) in [6.07, 6.45) is 1.46. The maximum absolute atomic E-state index is 12.7. The first-order valence-electron chi connectivity index (χ1n) is 9.43. The van der Waals surface area contributed by atoms with Gasteiger partial charge in [-0.1, -0.05) is 23.2 Å². The van der Waals surface area contributed by atoms with Gasteiger partial charge >= 0.3 is 11.9 Å². The molecule has 2 heterocycles. The van der Waals surface area contributed by atoms with Crippen LogP contribution in [0.25, 0.3) is 6.08 Å². The van der Waals surface area contributed by atoms with Gasteiger partial charge in [0.1, 0.15) is 5.76 Å². The van der Waals surface area contributed by atoms with Gasteiger partial charge in [-0.15, -0.1) is 0 Å². The van der Waals surface area contributed by atoms with E-state index in [9.17, 15) is 19.2 Å². The monoisotopic (exact) mass is 513 g/mol. The van der Waals surface area contributed by atoms with E-state index in [4.69, 9.17) is 37.1 Å². The highest BCUT2D eigenvalue weighted by molar-refractivity contribution is 8.18. The van der Waals surface area contributed by atoms with E-state index in [-0.39, 0.29) is 52.0 Å². The number of hydrogen-bond donors (Lipinski definition) is 0. The van der Waals surface area contributed by atoms with E-state index in [1.807, 2.05) is 0 Å². The summed E-state index contributed by atoms with van der Waals surface area (Å²) in [4.78, 5) is 49.2. The molecule has 174 valence electrons. The van der Waals surface area contributed by atoms with Crippen molar-refractivity contribution in [2.45, 2.75) is 13.5 Å². The Bertz CT molecular complexity index is 1120. The lowest BCUT2D eigenvalue weighted by Crippen LogP contribution is -2.27. The van der Waals surface area contributed by atoms with E-state index in [0.717, 1.165) is 16.7 Å². The zero-order valence-corrected chi connectivity index (χ0v) is 19.7. The van der Waals surface area contributed by atoms with Crippen molar-refractivity contribution < 1.29 is 37.8 Å². The third-order valence-electron chi connectivity index (χ3n) is 4.19. The molecule has 0 atom stereocenters. The summed E-state index contributed by atoms with van der Waals surface area (Å²) in [6, 6.07) is 5.84. The Morgan fingerprint density at radius 3 is 2.52 bits per heavy atom. The number of carbonyl (C=O) groups excluding carboxylic acids is 4. The lowest BCUT2D eigenvalue weighted by molar-refractivity contribution is -0.145. The summed E-state index contributed by atoms with van der Waals surface area (Å²) in [6.45, 7) is 1.36. The highest BCUT2D eigenvalue weighted by Crippen LogP contribution is 2.38. The minimum Gasteiger partial charge on any atom is -0.479 e. The van der Waals surface area contributed by atoms with Crippen molar-refractivity contribution in [2.24, 2.45) is 0 Å². The number of furan rings is 1. The molecule has 1 aliphatic heterocycles. The largest absolute Gasteiger partial charge is 0.479 e. The van der Waals surface area contributed by atoms with Crippen LogP contribution in [0.4, 0.5) is 4.79 Å². The van der Waals surface area contributed by atoms with Crippen LogP contribution in [0.5, 0.6) is 5.75 Å². The Balaban J connectivity index is 1.74. The summed E-state index contributed by atoms with van der Waals surface area (Å²) >= 11 is 13.2. The number of halogens is 2. The summed E-state index contributed by atoms with van der Waals surface area (Å²) in [5.41, 5.74) is 0.449. The average molecular weight is 514 g/mol. The van der Waals surface area contributed by atoms with Crippen LogP contribution >= 0.6 is 35.0 Å². The number of ether oxygens (including phenoxy) is 3. The van der Waals surface area contributed by atoms with Crippen LogP contribution in [-0.2, 0) is 25.6 Å². The number of hydrogen-bond acceptors (Lipinski definition) is 9. The number of thioether (sulfide) groups is 1. The van der Waals surface area contributed by atoms with Gasteiger partial charge in [-0.05, 0) is 54.6 Å². The smallest absolute Gasteiger partial charge is 0.373 e. The molecule has 1 aromatic heterocycles. The topological polar surface area (TPSA) is 112 Å². The van der Waals surface area contributed by atoms with E-state index in [2.05, 4.69) is 4.74 Å². The molecule has 9 nitrogen and oxygen atoms in total. The molecular weight excluding hydrogens is 497 g/mol. The van der Waals surface area contributed by atoms with Crippen LogP contribution in [0.3, 0.4) is 0 Å². The van der Waals surface area contributed by atoms with Crippen molar-refractivity contribution in [3.05, 3.63) is 56.3 Å². The molecule has 0 bridgehead atoms. The predicted molar refractivity (Wildman–Crippen MR) is 120 cm³/mol. The fourth-order valence-electron chi connectivity index (χ4n) is 2.75. The first kappa shape index (κ1) is 24.7. The molecule has 0 radical (unpaired) electrons. The second kappa shape index (κ2) is 10.8. The maximum Gasteiger partial charge on any atom is 0.373 e. The van der Waals surface area contributed by atoms with Crippen LogP contribution in [0.1, 0.15) is 28.8 Å². The van der Waals surface area contributed by atoms with Gasteiger partial charge in [0.25, 0.3) is 11.1 Å². The van der Waals surface area contributed by atoms with Crippen LogP contribution in [-0.4, -0.2) is 48.3 Å². The molecule has 2 aromatic rings. The van der Waals surface area contributed by atoms with E-state index in [1.165, 1.54) is 37.5 Å². The Morgan fingerprint density at radius 2 is 1.88 bits per heavy atom. The molecule has 1 aliphatic rings. The molecule has 12 heteroatoms. The highest BCUT2D eigenvalue weighted by Gasteiger charge is 2.36. The minimum atomic E-state index is -0.668. The molecule has 1 aromatic carbocycles. The van der Waals surface area contributed by atoms with Crippen LogP contribution in [0.15, 0.2) is 33.6 Å². The summed E-state index contributed by atoms with van der Waals surface area (Å²) < 4.78 is 20.0. The molecule has 0 saturated carbocycles. The highest BCUT2D eigenvalue weighted by atomic mass is 35.5. The van der Waals surface area contributed by atoms with E-state index >= 15 is 0 Å². The van der Waals surface area contributed by atoms with Crippen molar-refractivity contribution in [3.8, 4) is 5.75 Å². The predicted octanol–water partition coefficient (Wildman–Crippen LogP) is 4.55. The van der Waals surface area contributed by atoms with Gasteiger partial charge in [-0.25, -0.2) is 9.59 Å². The second-order valence-corrected chi connectivity index (χ2v) is 8.24. The van der Waals surface area contributed by atoms with Gasteiger partial charge in [0.15, 0.2) is 12.4 Å². The molecule has 33 heavy (non-hydrogen) atoms. The Morgan fingerprint density at radius 1 is 1.18 bits per heavy atom. The lowest BCUT2D eigenvalue weighted by atomic mass is 10.2. The number of benzene rings is 1. The Hall–Kier alpha value is -2.95. The Labute approximate surface area is 202 Å².